The minimum atomic E-state index is -0.0743. The molecule has 1 aromatic heterocycles. The van der Waals surface area contributed by atoms with Gasteiger partial charge >= 0.3 is 0 Å². The third-order valence-corrected chi connectivity index (χ3v) is 5.10. The molecule has 6 heteroatoms. The maximum absolute atomic E-state index is 12.7. The molecule has 1 amide bonds. The highest BCUT2D eigenvalue weighted by molar-refractivity contribution is 5.85. The lowest BCUT2D eigenvalue weighted by atomic mass is 10.1. The number of likely N-dealkylation sites (tertiary alicyclic amines) is 1. The molecule has 3 rings (SSSR count). The second kappa shape index (κ2) is 8.70. The van der Waals surface area contributed by atoms with Crippen molar-refractivity contribution in [3.8, 4) is 0 Å². The monoisotopic (exact) mass is 365 g/mol. The van der Waals surface area contributed by atoms with E-state index < -0.39 is 0 Å². The van der Waals surface area contributed by atoms with Crippen LogP contribution in [0.25, 0.3) is 11.0 Å². The van der Waals surface area contributed by atoms with Gasteiger partial charge in [-0.25, -0.2) is 0 Å². The van der Waals surface area contributed by atoms with Gasteiger partial charge in [0.25, 0.3) is 0 Å². The summed E-state index contributed by atoms with van der Waals surface area (Å²) < 4.78 is 5.91. The van der Waals surface area contributed by atoms with Crippen LogP contribution in [0.4, 0.5) is 0 Å². The van der Waals surface area contributed by atoms with E-state index in [1.807, 2.05) is 51.4 Å². The van der Waals surface area contributed by atoms with Crippen LogP contribution in [0.15, 0.2) is 34.7 Å². The predicted octanol–water partition coefficient (Wildman–Crippen LogP) is 3.06. The average molecular weight is 366 g/mol. The molecule has 0 aliphatic carbocycles. The number of hydrogen-bond donors (Lipinski definition) is 1. The number of benzene rings is 1. The van der Waals surface area contributed by atoms with Gasteiger partial charge in [-0.2, -0.15) is 0 Å². The molecule has 2 unspecified atom stereocenters. The number of nitrogens with zero attached hydrogens (tertiary/aromatic N) is 2. The fourth-order valence-electron chi connectivity index (χ4n) is 3.35. The number of para-hydroxylation sites is 1. The topological polar surface area (TPSA) is 48.7 Å². The molecule has 1 aliphatic rings. The molecule has 2 aromatic rings. The molecule has 1 aromatic carbocycles. The van der Waals surface area contributed by atoms with Gasteiger partial charge in [0.2, 0.25) is 5.91 Å². The van der Waals surface area contributed by atoms with E-state index in [4.69, 9.17) is 4.42 Å². The molecular weight excluding hydrogens is 338 g/mol. The number of piperidine rings is 1. The smallest absolute Gasteiger partial charge is 0.237 e. The van der Waals surface area contributed by atoms with Gasteiger partial charge < -0.3 is 14.6 Å². The van der Waals surface area contributed by atoms with Gasteiger partial charge in [-0.3, -0.25) is 9.69 Å². The third kappa shape index (κ3) is 4.54. The van der Waals surface area contributed by atoms with Crippen LogP contribution in [0, 0.1) is 0 Å². The Morgan fingerprint density at radius 1 is 1.44 bits per heavy atom. The lowest BCUT2D eigenvalue weighted by Gasteiger charge is -2.33. The molecule has 1 aliphatic heterocycles. The molecular formula is C19H28ClN3O2. The minimum Gasteiger partial charge on any atom is -0.459 e. The van der Waals surface area contributed by atoms with E-state index >= 15 is 0 Å². The second-order valence-electron chi connectivity index (χ2n) is 6.73. The highest BCUT2D eigenvalue weighted by atomic mass is 35.5. The summed E-state index contributed by atoms with van der Waals surface area (Å²) in [7, 11) is 3.85. The van der Waals surface area contributed by atoms with Gasteiger partial charge in [0.15, 0.2) is 0 Å². The summed E-state index contributed by atoms with van der Waals surface area (Å²) >= 11 is 0. The van der Waals surface area contributed by atoms with Crippen molar-refractivity contribution in [2.45, 2.75) is 31.8 Å². The van der Waals surface area contributed by atoms with Crippen molar-refractivity contribution in [2.24, 2.45) is 0 Å². The zero-order valence-corrected chi connectivity index (χ0v) is 16.0. The molecule has 0 saturated carbocycles. The van der Waals surface area contributed by atoms with Crippen LogP contribution in [-0.4, -0.2) is 55.5 Å². The average Bonchev–Trinajstić information content (AvgIpc) is 3.04. The van der Waals surface area contributed by atoms with E-state index in [1.54, 1.807) is 4.90 Å². The van der Waals surface area contributed by atoms with Crippen molar-refractivity contribution in [1.82, 2.24) is 15.1 Å². The second-order valence-corrected chi connectivity index (χ2v) is 6.73. The number of furan rings is 1. The Labute approximate surface area is 155 Å². The highest BCUT2D eigenvalue weighted by Crippen LogP contribution is 2.26. The van der Waals surface area contributed by atoms with Crippen molar-refractivity contribution in [2.75, 3.05) is 33.7 Å². The Bertz CT molecular complexity index is 670. The van der Waals surface area contributed by atoms with Crippen LogP contribution in [0.1, 0.15) is 31.6 Å². The molecule has 1 saturated heterocycles. The van der Waals surface area contributed by atoms with Crippen LogP contribution in [-0.2, 0) is 4.79 Å². The fourth-order valence-corrected chi connectivity index (χ4v) is 3.35. The zero-order chi connectivity index (χ0) is 17.1. The zero-order valence-electron chi connectivity index (χ0n) is 15.2. The first kappa shape index (κ1) is 19.8. The summed E-state index contributed by atoms with van der Waals surface area (Å²) in [5, 5.41) is 4.40. The van der Waals surface area contributed by atoms with Gasteiger partial charge in [0.1, 0.15) is 11.3 Å². The summed E-state index contributed by atoms with van der Waals surface area (Å²) in [5.74, 6) is 0.971. The van der Waals surface area contributed by atoms with Gasteiger partial charge in [-0.1, -0.05) is 18.2 Å². The fraction of sp³-hybridized carbons (Fsp3) is 0.526. The first-order valence-electron chi connectivity index (χ1n) is 8.72. The quantitative estimate of drug-likeness (QED) is 0.884. The van der Waals surface area contributed by atoms with E-state index in [0.29, 0.717) is 12.6 Å². The van der Waals surface area contributed by atoms with Crippen LogP contribution in [0.5, 0.6) is 0 Å². The summed E-state index contributed by atoms with van der Waals surface area (Å²) in [6.45, 7) is 4.42. The van der Waals surface area contributed by atoms with E-state index in [1.165, 1.54) is 6.42 Å². The Morgan fingerprint density at radius 3 is 2.92 bits per heavy atom. The van der Waals surface area contributed by atoms with Crippen molar-refractivity contribution in [3.63, 3.8) is 0 Å². The first-order valence-corrected chi connectivity index (χ1v) is 8.72. The first-order chi connectivity index (χ1) is 11.6. The standard InChI is InChI=1S/C19H27N3O2.ClH/c1-14(18-11-15-7-4-5-9-17(15)24-18)21(3)19(23)13-22-10-6-8-16(12-22)20-2;/h4-5,7,9,11,14,16,20H,6,8,10,12-13H2,1-3H3;1H. The number of nitrogens with one attached hydrogen (secondary N) is 1. The summed E-state index contributed by atoms with van der Waals surface area (Å²) in [6, 6.07) is 10.4. The molecule has 2 atom stereocenters. The summed E-state index contributed by atoms with van der Waals surface area (Å²) in [5.41, 5.74) is 0.869. The Hall–Kier alpha value is -1.56. The van der Waals surface area contributed by atoms with Crippen molar-refractivity contribution in [3.05, 3.63) is 36.1 Å². The number of carbonyl (C=O) groups excluding carboxylic acids is 1. The molecule has 1 fully saturated rings. The number of halogens is 1. The lowest BCUT2D eigenvalue weighted by molar-refractivity contribution is -0.133. The van der Waals surface area contributed by atoms with Crippen LogP contribution in [0.3, 0.4) is 0 Å². The van der Waals surface area contributed by atoms with Gasteiger partial charge in [0.05, 0.1) is 12.6 Å². The van der Waals surface area contributed by atoms with Crippen LogP contribution < -0.4 is 5.32 Å². The molecule has 2 heterocycles. The maximum atomic E-state index is 12.7. The SMILES string of the molecule is CNC1CCCN(CC(=O)N(C)C(C)c2cc3ccccc3o2)C1.Cl. The molecule has 0 bridgehead atoms. The third-order valence-electron chi connectivity index (χ3n) is 5.10. The molecule has 138 valence electrons. The lowest BCUT2D eigenvalue weighted by Crippen LogP contribution is -2.48. The Balaban J connectivity index is 0.00000225. The van der Waals surface area contributed by atoms with Crippen LogP contribution >= 0.6 is 12.4 Å². The largest absolute Gasteiger partial charge is 0.459 e. The van der Waals surface area contributed by atoms with E-state index in [-0.39, 0.29) is 24.4 Å². The molecule has 25 heavy (non-hydrogen) atoms. The molecule has 1 N–H and O–H groups in total. The predicted molar refractivity (Wildman–Crippen MR) is 103 cm³/mol. The minimum absolute atomic E-state index is 0. The normalized spacial score (nSPS) is 19.4. The van der Waals surface area contributed by atoms with E-state index in [0.717, 1.165) is 36.2 Å². The molecule has 0 spiro atoms. The van der Waals surface area contributed by atoms with Crippen molar-refractivity contribution < 1.29 is 9.21 Å². The highest BCUT2D eigenvalue weighted by Gasteiger charge is 2.25. The van der Waals surface area contributed by atoms with Gasteiger partial charge in [-0.05, 0) is 45.5 Å². The van der Waals surface area contributed by atoms with E-state index in [2.05, 4.69) is 10.2 Å². The van der Waals surface area contributed by atoms with E-state index in [9.17, 15) is 4.79 Å². The van der Waals surface area contributed by atoms with Gasteiger partial charge in [-0.15, -0.1) is 12.4 Å². The molecule has 0 radical (unpaired) electrons. The number of likely N-dealkylation sites (N-methyl/N-ethyl adjacent to an activating group) is 2. The Morgan fingerprint density at radius 2 is 2.20 bits per heavy atom. The molecule has 5 nitrogen and oxygen atoms in total. The maximum Gasteiger partial charge on any atom is 0.237 e. The summed E-state index contributed by atoms with van der Waals surface area (Å²) in [6.07, 6.45) is 2.33. The van der Waals surface area contributed by atoms with Crippen molar-refractivity contribution in [1.29, 1.82) is 0 Å². The number of carbonyl (C=O) groups is 1. The van der Waals surface area contributed by atoms with Gasteiger partial charge in [0, 0.05) is 25.0 Å². The number of hydrogen-bond acceptors (Lipinski definition) is 4. The summed E-state index contributed by atoms with van der Waals surface area (Å²) in [4.78, 5) is 16.7. The van der Waals surface area contributed by atoms with Crippen molar-refractivity contribution >= 4 is 29.3 Å². The Kier molecular flexibility index (Phi) is 6.87. The number of amides is 1. The number of fused-ring (bicyclic) bond motifs is 1. The number of rotatable bonds is 5. The van der Waals surface area contributed by atoms with Crippen LogP contribution in [0.2, 0.25) is 0 Å².